The van der Waals surface area contributed by atoms with Crippen LogP contribution in [0, 0.1) is 22.5 Å². The average molecular weight is 249 g/mol. The third-order valence-corrected chi connectivity index (χ3v) is 3.76. The number of hydrogen-bond donors (Lipinski definition) is 1. The quantitative estimate of drug-likeness (QED) is 0.656. The molecule has 0 aliphatic heterocycles. The smallest absolute Gasteiger partial charge is 0.290 e. The van der Waals surface area contributed by atoms with Crippen LogP contribution in [0.5, 0.6) is 0 Å². The van der Waals surface area contributed by atoms with E-state index in [1.807, 2.05) is 0 Å². The largest absolute Gasteiger partial charge is 0.370 e. The molecule has 1 aromatic heterocycles. The van der Waals surface area contributed by atoms with E-state index >= 15 is 0 Å². The minimum absolute atomic E-state index is 0.0765. The van der Waals surface area contributed by atoms with Gasteiger partial charge in [-0.3, -0.25) is 10.1 Å². The summed E-state index contributed by atoms with van der Waals surface area (Å²) < 4.78 is 0. The van der Waals surface area contributed by atoms with Crippen LogP contribution in [0.2, 0.25) is 0 Å². The van der Waals surface area contributed by atoms with Crippen molar-refractivity contribution in [2.45, 2.75) is 39.5 Å². The van der Waals surface area contributed by atoms with E-state index in [0.717, 1.165) is 12.4 Å². The number of aryl methyl sites for hydroxylation is 1. The van der Waals surface area contributed by atoms with Gasteiger partial charge in [0.25, 0.3) is 5.69 Å². The second-order valence-electron chi connectivity index (χ2n) is 5.43. The molecule has 1 fully saturated rings. The lowest BCUT2D eigenvalue weighted by Crippen LogP contribution is -2.23. The molecule has 0 bridgehead atoms. The van der Waals surface area contributed by atoms with Crippen LogP contribution in [0.4, 0.5) is 11.5 Å². The van der Waals surface area contributed by atoms with E-state index < -0.39 is 4.92 Å². The maximum absolute atomic E-state index is 10.7. The second kappa shape index (κ2) is 4.92. The van der Waals surface area contributed by atoms with Crippen molar-refractivity contribution in [2.24, 2.45) is 5.41 Å². The Labute approximate surface area is 107 Å². The molecule has 0 saturated heterocycles. The molecule has 98 valence electrons. The molecule has 1 aromatic rings. The fraction of sp³-hybridized carbons (Fsp3) is 0.615. The van der Waals surface area contributed by atoms with E-state index in [1.54, 1.807) is 13.0 Å². The van der Waals surface area contributed by atoms with Gasteiger partial charge in [-0.05, 0) is 31.2 Å². The SMILES string of the molecule is Cc1nc(NCC2(C)CCCC2)ccc1[N+](=O)[O-]. The van der Waals surface area contributed by atoms with Gasteiger partial charge in [0.2, 0.25) is 0 Å². The van der Waals surface area contributed by atoms with E-state index in [2.05, 4.69) is 17.2 Å². The molecular weight excluding hydrogens is 230 g/mol. The van der Waals surface area contributed by atoms with Crippen LogP contribution in [0.15, 0.2) is 12.1 Å². The highest BCUT2D eigenvalue weighted by Gasteiger charge is 2.28. The standard InChI is InChI=1S/C13H19N3O2/c1-10-11(16(17)18)5-6-12(15-10)14-9-13(2)7-3-4-8-13/h5-6H,3-4,7-9H2,1-2H3,(H,14,15). The van der Waals surface area contributed by atoms with Gasteiger partial charge in [-0.2, -0.15) is 0 Å². The summed E-state index contributed by atoms with van der Waals surface area (Å²) in [7, 11) is 0. The number of nitrogens with zero attached hydrogens (tertiary/aromatic N) is 2. The number of rotatable bonds is 4. The Balaban J connectivity index is 2.02. The molecule has 1 heterocycles. The van der Waals surface area contributed by atoms with Crippen LogP contribution in [-0.2, 0) is 0 Å². The van der Waals surface area contributed by atoms with Crippen molar-refractivity contribution < 1.29 is 4.92 Å². The molecule has 18 heavy (non-hydrogen) atoms. The van der Waals surface area contributed by atoms with Crippen molar-refractivity contribution in [3.8, 4) is 0 Å². The number of aromatic nitrogens is 1. The van der Waals surface area contributed by atoms with E-state index in [-0.39, 0.29) is 5.69 Å². The van der Waals surface area contributed by atoms with Crippen LogP contribution in [-0.4, -0.2) is 16.5 Å². The zero-order valence-corrected chi connectivity index (χ0v) is 10.9. The van der Waals surface area contributed by atoms with Crippen LogP contribution in [0.3, 0.4) is 0 Å². The van der Waals surface area contributed by atoms with E-state index in [9.17, 15) is 10.1 Å². The fourth-order valence-electron chi connectivity index (χ4n) is 2.55. The molecule has 1 N–H and O–H groups in total. The van der Waals surface area contributed by atoms with Gasteiger partial charge < -0.3 is 5.32 Å². The summed E-state index contributed by atoms with van der Waals surface area (Å²) in [5.41, 5.74) is 0.881. The molecule has 1 aliphatic carbocycles. The maximum Gasteiger partial charge on any atom is 0.290 e. The minimum atomic E-state index is -0.398. The zero-order valence-electron chi connectivity index (χ0n) is 10.9. The fourth-order valence-corrected chi connectivity index (χ4v) is 2.55. The van der Waals surface area contributed by atoms with Crippen molar-refractivity contribution in [2.75, 3.05) is 11.9 Å². The summed E-state index contributed by atoms with van der Waals surface area (Å²) >= 11 is 0. The Morgan fingerprint density at radius 3 is 2.67 bits per heavy atom. The molecule has 2 rings (SSSR count). The summed E-state index contributed by atoms with van der Waals surface area (Å²) in [5, 5.41) is 14.0. The number of nitro groups is 1. The van der Waals surface area contributed by atoms with Gasteiger partial charge in [-0.25, -0.2) is 4.98 Å². The van der Waals surface area contributed by atoms with E-state index in [0.29, 0.717) is 11.1 Å². The third-order valence-electron chi connectivity index (χ3n) is 3.76. The maximum atomic E-state index is 10.7. The Kier molecular flexibility index (Phi) is 3.50. The van der Waals surface area contributed by atoms with Gasteiger partial charge in [0.1, 0.15) is 11.5 Å². The summed E-state index contributed by atoms with van der Waals surface area (Å²) in [6, 6.07) is 3.20. The van der Waals surface area contributed by atoms with Crippen LogP contribution in [0.1, 0.15) is 38.3 Å². The third kappa shape index (κ3) is 2.78. The van der Waals surface area contributed by atoms with Crippen molar-refractivity contribution in [1.29, 1.82) is 0 Å². The Hall–Kier alpha value is -1.65. The molecular formula is C13H19N3O2. The predicted octanol–water partition coefficient (Wildman–Crippen LogP) is 3.29. The topological polar surface area (TPSA) is 68.1 Å². The summed E-state index contributed by atoms with van der Waals surface area (Å²) in [6.07, 6.45) is 5.08. The van der Waals surface area contributed by atoms with Crippen molar-refractivity contribution in [1.82, 2.24) is 4.98 Å². The Bertz CT molecular complexity index is 454. The first-order valence-electron chi connectivity index (χ1n) is 6.36. The van der Waals surface area contributed by atoms with E-state index in [1.165, 1.54) is 31.7 Å². The number of anilines is 1. The number of hydrogen-bond acceptors (Lipinski definition) is 4. The van der Waals surface area contributed by atoms with Crippen molar-refractivity contribution in [3.63, 3.8) is 0 Å². The molecule has 5 nitrogen and oxygen atoms in total. The van der Waals surface area contributed by atoms with Gasteiger partial charge in [-0.1, -0.05) is 19.8 Å². The highest BCUT2D eigenvalue weighted by atomic mass is 16.6. The highest BCUT2D eigenvalue weighted by Crippen LogP contribution is 2.37. The van der Waals surface area contributed by atoms with Gasteiger partial charge in [0, 0.05) is 12.6 Å². The molecule has 0 unspecified atom stereocenters. The van der Waals surface area contributed by atoms with Crippen molar-refractivity contribution in [3.05, 3.63) is 27.9 Å². The van der Waals surface area contributed by atoms with Crippen LogP contribution in [0.25, 0.3) is 0 Å². The van der Waals surface area contributed by atoms with E-state index in [4.69, 9.17) is 0 Å². The molecule has 5 heteroatoms. The number of pyridine rings is 1. The van der Waals surface area contributed by atoms with Gasteiger partial charge in [0.05, 0.1) is 4.92 Å². The normalized spacial score (nSPS) is 17.7. The first kappa shape index (κ1) is 12.8. The summed E-state index contributed by atoms with van der Waals surface area (Å²) in [6.45, 7) is 4.84. The lowest BCUT2D eigenvalue weighted by atomic mass is 9.89. The van der Waals surface area contributed by atoms with Crippen LogP contribution < -0.4 is 5.32 Å². The average Bonchev–Trinajstić information content (AvgIpc) is 2.74. The predicted molar refractivity (Wildman–Crippen MR) is 70.7 cm³/mol. The first-order chi connectivity index (χ1) is 8.50. The summed E-state index contributed by atoms with van der Waals surface area (Å²) in [5.74, 6) is 0.728. The van der Waals surface area contributed by atoms with Gasteiger partial charge in [-0.15, -0.1) is 0 Å². The minimum Gasteiger partial charge on any atom is -0.370 e. The monoisotopic (exact) mass is 249 g/mol. The highest BCUT2D eigenvalue weighted by molar-refractivity contribution is 5.44. The molecule has 0 atom stereocenters. The molecule has 0 radical (unpaired) electrons. The van der Waals surface area contributed by atoms with Gasteiger partial charge >= 0.3 is 0 Å². The van der Waals surface area contributed by atoms with Crippen molar-refractivity contribution >= 4 is 11.5 Å². The summed E-state index contributed by atoms with van der Waals surface area (Å²) in [4.78, 5) is 14.5. The Morgan fingerprint density at radius 1 is 1.44 bits per heavy atom. The molecule has 0 amide bonds. The molecule has 1 aliphatic rings. The number of nitrogens with one attached hydrogen (secondary N) is 1. The molecule has 1 saturated carbocycles. The second-order valence-corrected chi connectivity index (χ2v) is 5.43. The van der Waals surface area contributed by atoms with Crippen LogP contribution >= 0.6 is 0 Å². The molecule has 0 aromatic carbocycles. The lowest BCUT2D eigenvalue weighted by Gasteiger charge is -2.24. The Morgan fingerprint density at radius 2 is 2.11 bits per heavy atom. The lowest BCUT2D eigenvalue weighted by molar-refractivity contribution is -0.385. The zero-order chi connectivity index (χ0) is 13.2. The molecule has 0 spiro atoms. The van der Waals surface area contributed by atoms with Gasteiger partial charge in [0.15, 0.2) is 0 Å². The first-order valence-corrected chi connectivity index (χ1v) is 6.36.